The summed E-state index contributed by atoms with van der Waals surface area (Å²) in [6.07, 6.45) is 17.7. The number of aromatic amines is 1. The Hall–Kier alpha value is -2.95. The van der Waals surface area contributed by atoms with Gasteiger partial charge in [0.05, 0.1) is 10.7 Å². The summed E-state index contributed by atoms with van der Waals surface area (Å²) in [5.41, 5.74) is 7.42. The van der Waals surface area contributed by atoms with E-state index in [9.17, 15) is 0 Å². The minimum atomic E-state index is 0.0281. The lowest BCUT2D eigenvalue weighted by molar-refractivity contribution is 0.404. The first kappa shape index (κ1) is 38.3. The Morgan fingerprint density at radius 2 is 1.09 bits per heavy atom. The van der Waals surface area contributed by atoms with E-state index >= 15 is 0 Å². The zero-order chi connectivity index (χ0) is 37.3. The van der Waals surface area contributed by atoms with E-state index in [4.69, 9.17) is 37.7 Å². The van der Waals surface area contributed by atoms with Crippen LogP contribution in [0.5, 0.6) is 17.2 Å². The topological polar surface area (TPSA) is 46.6 Å². The molecule has 2 aromatic carbocycles. The molecule has 6 heteroatoms. The number of hydrogen-bond acceptors (Lipinski definition) is 3. The smallest absolute Gasteiger partial charge is 0.180 e. The lowest BCUT2D eigenvalue weighted by Crippen LogP contribution is -2.17. The van der Waals surface area contributed by atoms with Crippen molar-refractivity contribution in [3.05, 3.63) is 92.4 Å². The van der Waals surface area contributed by atoms with Crippen LogP contribution >= 0.6 is 23.2 Å². The molecule has 0 unspecified atom stereocenters. The fraction of sp³-hybridized carbons (Fsp3) is 0.553. The van der Waals surface area contributed by atoms with Crippen molar-refractivity contribution >= 4 is 34.7 Å². The lowest BCUT2D eigenvalue weighted by atomic mass is 9.81. The van der Waals surface area contributed by atoms with Crippen molar-refractivity contribution in [3.63, 3.8) is 0 Å². The standard InChI is InChI=1S/C47H60Cl2N2O2/c1-46(2,3)33-22-26-35(27-23-33)52-44-39(49)41(32-20-14-9-15-21-32)51-43(44)45(53-36-28-24-34(25-29-36)47(4,5)6)42-37(30-16-10-7-11-17-30)38(48)40(50-42)31-18-12-8-13-19-31/h22-32,51H,7-21H2,1-6H3. The molecule has 7 rings (SSSR count). The summed E-state index contributed by atoms with van der Waals surface area (Å²) >= 11 is 15.1. The fourth-order valence-corrected chi connectivity index (χ4v) is 9.74. The van der Waals surface area contributed by atoms with E-state index in [-0.39, 0.29) is 10.8 Å². The Bertz CT molecular complexity index is 1830. The maximum absolute atomic E-state index is 7.58. The maximum atomic E-state index is 7.58. The van der Waals surface area contributed by atoms with Crippen LogP contribution in [0.3, 0.4) is 0 Å². The highest BCUT2D eigenvalue weighted by Crippen LogP contribution is 2.50. The average Bonchev–Trinajstić information content (AvgIpc) is 3.67. The number of aromatic nitrogens is 1. The van der Waals surface area contributed by atoms with Crippen LogP contribution in [0.4, 0.5) is 0 Å². The van der Waals surface area contributed by atoms with Gasteiger partial charge in [0.2, 0.25) is 0 Å². The summed E-state index contributed by atoms with van der Waals surface area (Å²) in [7, 11) is 0. The van der Waals surface area contributed by atoms with Crippen LogP contribution in [-0.4, -0.2) is 10.7 Å². The molecule has 284 valence electrons. The zero-order valence-corrected chi connectivity index (χ0v) is 34.5. The minimum absolute atomic E-state index is 0.0281. The molecule has 3 fully saturated rings. The molecule has 3 aromatic rings. The van der Waals surface area contributed by atoms with E-state index in [1.54, 1.807) is 0 Å². The number of H-pyrrole nitrogens is 1. The van der Waals surface area contributed by atoms with E-state index < -0.39 is 0 Å². The SMILES string of the molecule is CC(C)(C)c1ccc(OC(=C2N=C(C3CCCCC3)C(Cl)=C2C2CCCCC2)c2[nH]c(C3CCCCC3)c(Cl)c2Oc2ccc(C(C)(C)C)cc2)cc1. The van der Waals surface area contributed by atoms with Crippen LogP contribution in [0.1, 0.15) is 166 Å². The number of halogens is 2. The highest BCUT2D eigenvalue weighted by molar-refractivity contribution is 6.45. The molecule has 0 saturated heterocycles. The first-order chi connectivity index (χ1) is 25.4. The molecule has 3 saturated carbocycles. The van der Waals surface area contributed by atoms with Gasteiger partial charge in [-0.15, -0.1) is 0 Å². The predicted octanol–water partition coefficient (Wildman–Crippen LogP) is 15.0. The van der Waals surface area contributed by atoms with Gasteiger partial charge in [0.15, 0.2) is 11.5 Å². The lowest BCUT2D eigenvalue weighted by Gasteiger charge is -2.25. The highest BCUT2D eigenvalue weighted by atomic mass is 35.5. The van der Waals surface area contributed by atoms with Crippen LogP contribution in [0.15, 0.2) is 69.8 Å². The maximum Gasteiger partial charge on any atom is 0.180 e. The second-order valence-electron chi connectivity index (χ2n) is 18.2. The molecule has 1 aliphatic heterocycles. The third kappa shape index (κ3) is 8.50. The van der Waals surface area contributed by atoms with Crippen LogP contribution in [-0.2, 0) is 10.8 Å². The minimum Gasteiger partial charge on any atom is -0.453 e. The van der Waals surface area contributed by atoms with E-state index in [1.807, 2.05) is 0 Å². The summed E-state index contributed by atoms with van der Waals surface area (Å²) in [5.74, 6) is 3.78. The monoisotopic (exact) mass is 754 g/mol. The summed E-state index contributed by atoms with van der Waals surface area (Å²) in [5, 5.41) is 1.49. The first-order valence-electron chi connectivity index (χ1n) is 20.6. The Morgan fingerprint density at radius 3 is 1.60 bits per heavy atom. The molecule has 0 bridgehead atoms. The van der Waals surface area contributed by atoms with Crippen molar-refractivity contribution < 1.29 is 9.47 Å². The molecular weight excluding hydrogens is 695 g/mol. The molecule has 3 aliphatic carbocycles. The van der Waals surface area contributed by atoms with Crippen molar-refractivity contribution in [2.45, 2.75) is 155 Å². The summed E-state index contributed by atoms with van der Waals surface area (Å²) in [6.45, 7) is 13.4. The molecule has 0 spiro atoms. The van der Waals surface area contributed by atoms with Gasteiger partial charge in [-0.3, -0.25) is 0 Å². The van der Waals surface area contributed by atoms with Gasteiger partial charge in [0.1, 0.15) is 27.9 Å². The normalized spacial score (nSPS) is 20.9. The first-order valence-corrected chi connectivity index (χ1v) is 21.4. The Morgan fingerprint density at radius 1 is 0.623 bits per heavy atom. The van der Waals surface area contributed by atoms with E-state index in [0.717, 1.165) is 83.4 Å². The summed E-state index contributed by atoms with van der Waals surface area (Å²) in [4.78, 5) is 9.43. The van der Waals surface area contributed by atoms with Crippen LogP contribution in [0, 0.1) is 11.8 Å². The molecule has 4 aliphatic rings. The Labute approximate surface area is 328 Å². The number of nitrogens with zero attached hydrogens (tertiary/aromatic N) is 1. The number of hydrogen-bond donors (Lipinski definition) is 1. The van der Waals surface area contributed by atoms with Crippen LogP contribution in [0.2, 0.25) is 5.02 Å². The van der Waals surface area contributed by atoms with E-state index in [1.165, 1.54) is 68.9 Å². The zero-order valence-electron chi connectivity index (χ0n) is 33.0. The summed E-state index contributed by atoms with van der Waals surface area (Å²) in [6, 6.07) is 17.0. The van der Waals surface area contributed by atoms with Crippen molar-refractivity contribution in [2.24, 2.45) is 16.8 Å². The number of benzene rings is 2. The number of aliphatic imine (C=N–C) groups is 1. The fourth-order valence-electron chi connectivity index (χ4n) is 8.96. The predicted molar refractivity (Wildman–Crippen MR) is 223 cm³/mol. The van der Waals surface area contributed by atoms with Gasteiger partial charge in [0.25, 0.3) is 0 Å². The number of ether oxygens (including phenoxy) is 2. The van der Waals surface area contributed by atoms with Crippen molar-refractivity contribution in [2.75, 3.05) is 0 Å². The number of allylic oxidation sites excluding steroid dienone is 2. The summed E-state index contributed by atoms with van der Waals surface area (Å²) < 4.78 is 14.1. The van der Waals surface area contributed by atoms with Crippen molar-refractivity contribution in [1.29, 1.82) is 0 Å². The quantitative estimate of drug-likeness (QED) is 0.233. The molecule has 4 nitrogen and oxygen atoms in total. The molecular formula is C47H60Cl2N2O2. The largest absolute Gasteiger partial charge is 0.453 e. The molecule has 0 radical (unpaired) electrons. The number of nitrogens with one attached hydrogen (secondary N) is 1. The number of rotatable bonds is 8. The van der Waals surface area contributed by atoms with Gasteiger partial charge in [-0.25, -0.2) is 4.99 Å². The van der Waals surface area contributed by atoms with Gasteiger partial charge in [-0.2, -0.15) is 0 Å². The van der Waals surface area contributed by atoms with Crippen LogP contribution < -0.4 is 9.47 Å². The van der Waals surface area contributed by atoms with E-state index in [2.05, 4.69) is 95.1 Å². The van der Waals surface area contributed by atoms with E-state index in [0.29, 0.717) is 34.3 Å². The van der Waals surface area contributed by atoms with Crippen molar-refractivity contribution in [1.82, 2.24) is 4.98 Å². The molecule has 53 heavy (non-hydrogen) atoms. The average molecular weight is 756 g/mol. The second kappa shape index (κ2) is 16.0. The third-order valence-corrected chi connectivity index (χ3v) is 13.0. The van der Waals surface area contributed by atoms with Crippen molar-refractivity contribution in [3.8, 4) is 17.2 Å². The molecule has 0 amide bonds. The van der Waals surface area contributed by atoms with Gasteiger partial charge >= 0.3 is 0 Å². The second-order valence-corrected chi connectivity index (χ2v) is 19.0. The molecule has 1 N–H and O–H groups in total. The van der Waals surface area contributed by atoms with Gasteiger partial charge in [-0.1, -0.05) is 147 Å². The third-order valence-electron chi connectivity index (χ3n) is 12.2. The van der Waals surface area contributed by atoms with Crippen LogP contribution in [0.25, 0.3) is 5.76 Å². The molecule has 1 aromatic heterocycles. The molecule has 0 atom stereocenters. The van der Waals surface area contributed by atoms with Gasteiger partial charge in [-0.05, 0) is 90.7 Å². The highest BCUT2D eigenvalue weighted by Gasteiger charge is 2.38. The molecule has 2 heterocycles. The van der Waals surface area contributed by atoms with Gasteiger partial charge < -0.3 is 14.5 Å². The Balaban J connectivity index is 1.43. The van der Waals surface area contributed by atoms with Gasteiger partial charge in [0, 0.05) is 23.1 Å². The Kier molecular flexibility index (Phi) is 11.6.